The lowest BCUT2D eigenvalue weighted by Crippen LogP contribution is -2.38. The zero-order valence-corrected chi connectivity index (χ0v) is 18.2. The van der Waals surface area contributed by atoms with Crippen molar-refractivity contribution < 1.29 is 19.2 Å². The summed E-state index contributed by atoms with van der Waals surface area (Å²) in [6.45, 7) is 0. The Kier molecular flexibility index (Phi) is 5.75. The van der Waals surface area contributed by atoms with Crippen molar-refractivity contribution in [1.82, 2.24) is 0 Å². The second kappa shape index (κ2) is 8.67. The Morgan fingerprint density at radius 1 is 1.15 bits per heavy atom. The van der Waals surface area contributed by atoms with Crippen LogP contribution in [0, 0.1) is 21.4 Å². The number of carbonyl (C=O) groups is 1. The van der Waals surface area contributed by atoms with Gasteiger partial charge in [0.15, 0.2) is 17.3 Å². The number of nitro benzene ring substituents is 1. The summed E-state index contributed by atoms with van der Waals surface area (Å²) in [6, 6.07) is 13.4. The van der Waals surface area contributed by atoms with Gasteiger partial charge in [-0.25, -0.2) is 0 Å². The van der Waals surface area contributed by atoms with Crippen molar-refractivity contribution in [3.05, 3.63) is 80.8 Å². The van der Waals surface area contributed by atoms with E-state index in [-0.39, 0.29) is 22.9 Å². The Morgan fingerprint density at radius 3 is 2.58 bits per heavy atom. The molecule has 1 unspecified atom stereocenters. The van der Waals surface area contributed by atoms with E-state index in [0.717, 1.165) is 0 Å². The lowest BCUT2D eigenvalue weighted by atomic mass is 9.75. The molecule has 0 aromatic heterocycles. The number of nitrogens with zero attached hydrogens (tertiary/aromatic N) is 3. The fourth-order valence-electron chi connectivity index (χ4n) is 4.49. The van der Waals surface area contributed by atoms with Gasteiger partial charge in [-0.2, -0.15) is 5.26 Å². The lowest BCUT2D eigenvalue weighted by Gasteiger charge is -2.39. The molecular weight excluding hydrogens is 424 g/mol. The number of anilines is 1. The summed E-state index contributed by atoms with van der Waals surface area (Å²) in [5.41, 5.74) is 8.84. The zero-order chi connectivity index (χ0) is 23.7. The van der Waals surface area contributed by atoms with Crippen molar-refractivity contribution in [2.45, 2.75) is 25.2 Å². The van der Waals surface area contributed by atoms with Crippen LogP contribution < -0.4 is 20.1 Å². The van der Waals surface area contributed by atoms with Crippen molar-refractivity contribution in [2.75, 3.05) is 19.1 Å². The van der Waals surface area contributed by atoms with E-state index in [0.29, 0.717) is 53.3 Å². The van der Waals surface area contributed by atoms with Crippen molar-refractivity contribution in [2.24, 2.45) is 5.73 Å². The van der Waals surface area contributed by atoms with Gasteiger partial charge in [-0.3, -0.25) is 19.8 Å². The first-order valence-corrected chi connectivity index (χ1v) is 10.3. The van der Waals surface area contributed by atoms with Gasteiger partial charge in [0.2, 0.25) is 0 Å². The number of rotatable bonds is 5. The van der Waals surface area contributed by atoms with Gasteiger partial charge < -0.3 is 15.2 Å². The maximum absolute atomic E-state index is 13.2. The number of benzene rings is 2. The highest BCUT2D eigenvalue weighted by atomic mass is 16.6. The van der Waals surface area contributed by atoms with E-state index < -0.39 is 10.8 Å². The van der Waals surface area contributed by atoms with Crippen LogP contribution in [0.25, 0.3) is 0 Å². The lowest BCUT2D eigenvalue weighted by molar-refractivity contribution is -0.384. The number of nitriles is 1. The number of methoxy groups -OCH3 is 2. The van der Waals surface area contributed by atoms with Crippen LogP contribution >= 0.6 is 0 Å². The number of nitrogens with two attached hydrogens (primary N) is 1. The minimum absolute atomic E-state index is 0.0771. The Bertz CT molecular complexity index is 1260. The molecule has 9 heteroatoms. The maximum Gasteiger partial charge on any atom is 0.271 e. The van der Waals surface area contributed by atoms with Crippen LogP contribution in [0.3, 0.4) is 0 Å². The van der Waals surface area contributed by atoms with Gasteiger partial charge >= 0.3 is 0 Å². The van der Waals surface area contributed by atoms with E-state index in [1.165, 1.54) is 26.4 Å². The smallest absolute Gasteiger partial charge is 0.271 e. The van der Waals surface area contributed by atoms with Crippen molar-refractivity contribution in [3.8, 4) is 17.6 Å². The number of non-ortho nitro benzene ring substituents is 1. The van der Waals surface area contributed by atoms with Gasteiger partial charge in [0.1, 0.15) is 5.82 Å². The fraction of sp³-hybridized carbons (Fsp3) is 0.250. The molecule has 33 heavy (non-hydrogen) atoms. The van der Waals surface area contributed by atoms with Crippen molar-refractivity contribution in [1.29, 1.82) is 5.26 Å². The minimum atomic E-state index is -0.674. The summed E-state index contributed by atoms with van der Waals surface area (Å²) in [4.78, 5) is 25.6. The summed E-state index contributed by atoms with van der Waals surface area (Å²) >= 11 is 0. The molecule has 1 heterocycles. The predicted molar refractivity (Wildman–Crippen MR) is 121 cm³/mol. The Balaban J connectivity index is 1.95. The average molecular weight is 446 g/mol. The molecule has 0 bridgehead atoms. The van der Waals surface area contributed by atoms with E-state index >= 15 is 0 Å². The molecule has 0 saturated heterocycles. The Hall–Kier alpha value is -4.32. The van der Waals surface area contributed by atoms with Crippen LogP contribution in [0.15, 0.2) is 65.1 Å². The SMILES string of the molecule is COc1ccc(C2C(C#N)=C(N)N(c3cccc([N+](=O)[O-])c3)C3=C2C(=O)CCC3)cc1OC. The van der Waals surface area contributed by atoms with Crippen molar-refractivity contribution in [3.63, 3.8) is 0 Å². The quantitative estimate of drug-likeness (QED) is 0.540. The molecule has 0 saturated carbocycles. The van der Waals surface area contributed by atoms with Gasteiger partial charge in [-0.15, -0.1) is 0 Å². The van der Waals surface area contributed by atoms with Crippen molar-refractivity contribution >= 4 is 17.2 Å². The molecular formula is C24H22N4O5. The molecule has 0 fully saturated rings. The number of allylic oxidation sites excluding steroid dienone is 3. The normalized spacial score (nSPS) is 18.0. The third-order valence-corrected chi connectivity index (χ3v) is 5.95. The molecule has 1 aliphatic carbocycles. The summed E-state index contributed by atoms with van der Waals surface area (Å²) in [5.74, 6) is 0.387. The standard InChI is InChI=1S/C24H22N4O5/c1-32-20-10-9-14(11-21(20)33-2)22-17(13-25)24(26)27(18-7-4-8-19(29)23(18)22)15-5-3-6-16(12-15)28(30)31/h3,5-6,9-12,22H,4,7-8,26H2,1-2H3. The van der Waals surface area contributed by atoms with E-state index in [2.05, 4.69) is 6.07 Å². The van der Waals surface area contributed by atoms with E-state index in [4.69, 9.17) is 15.2 Å². The maximum atomic E-state index is 13.2. The average Bonchev–Trinajstić information content (AvgIpc) is 2.83. The fourth-order valence-corrected chi connectivity index (χ4v) is 4.49. The molecule has 2 aromatic carbocycles. The van der Waals surface area contributed by atoms with E-state index in [1.54, 1.807) is 35.2 Å². The summed E-state index contributed by atoms with van der Waals surface area (Å²) in [5, 5.41) is 21.4. The first kappa shape index (κ1) is 21.9. The molecule has 2 N–H and O–H groups in total. The number of ketones is 1. The van der Waals surface area contributed by atoms with Crippen LogP contribution in [0.2, 0.25) is 0 Å². The Labute approximate surface area is 190 Å². The number of ether oxygens (including phenoxy) is 2. The van der Waals surface area contributed by atoms with Crippen LogP contribution in [-0.2, 0) is 4.79 Å². The second-order valence-electron chi connectivity index (χ2n) is 7.71. The third kappa shape index (κ3) is 3.65. The highest BCUT2D eigenvalue weighted by molar-refractivity contribution is 6.01. The molecule has 2 aliphatic rings. The van der Waals surface area contributed by atoms with Gasteiger partial charge in [0.05, 0.1) is 42.4 Å². The molecule has 4 rings (SSSR count). The van der Waals surface area contributed by atoms with Crippen LogP contribution in [-0.4, -0.2) is 24.9 Å². The number of nitro groups is 1. The topological polar surface area (TPSA) is 132 Å². The second-order valence-corrected chi connectivity index (χ2v) is 7.71. The molecule has 168 valence electrons. The van der Waals surface area contributed by atoms with Gasteiger partial charge in [0.25, 0.3) is 5.69 Å². The number of hydrogen-bond donors (Lipinski definition) is 1. The molecule has 9 nitrogen and oxygen atoms in total. The number of carbonyl (C=O) groups excluding carboxylic acids is 1. The number of hydrogen-bond acceptors (Lipinski definition) is 8. The van der Waals surface area contributed by atoms with E-state index in [9.17, 15) is 20.2 Å². The molecule has 1 atom stereocenters. The predicted octanol–water partition coefficient (Wildman–Crippen LogP) is 3.92. The first-order valence-electron chi connectivity index (χ1n) is 10.3. The van der Waals surface area contributed by atoms with Crippen LogP contribution in [0.1, 0.15) is 30.7 Å². The summed E-state index contributed by atoms with van der Waals surface area (Å²) < 4.78 is 10.7. The number of Topliss-reactive ketones (excluding diaryl/α,β-unsaturated/α-hetero) is 1. The zero-order valence-electron chi connectivity index (χ0n) is 18.2. The first-order chi connectivity index (χ1) is 15.9. The summed E-state index contributed by atoms with van der Waals surface area (Å²) in [6.07, 6.45) is 1.52. The Morgan fingerprint density at radius 2 is 1.91 bits per heavy atom. The molecule has 0 radical (unpaired) electrons. The molecule has 1 aliphatic heterocycles. The van der Waals surface area contributed by atoms with E-state index in [1.807, 2.05) is 0 Å². The van der Waals surface area contributed by atoms with Crippen LogP contribution in [0.4, 0.5) is 11.4 Å². The monoisotopic (exact) mass is 446 g/mol. The summed E-state index contributed by atoms with van der Waals surface area (Å²) in [7, 11) is 3.04. The highest BCUT2D eigenvalue weighted by Crippen LogP contribution is 2.47. The van der Waals surface area contributed by atoms with Crippen LogP contribution in [0.5, 0.6) is 11.5 Å². The minimum Gasteiger partial charge on any atom is -0.493 e. The van der Waals surface area contributed by atoms with Gasteiger partial charge in [0, 0.05) is 29.8 Å². The highest BCUT2D eigenvalue weighted by Gasteiger charge is 2.40. The van der Waals surface area contributed by atoms with Gasteiger partial charge in [-0.05, 0) is 36.6 Å². The third-order valence-electron chi connectivity index (χ3n) is 5.95. The van der Waals surface area contributed by atoms with Gasteiger partial charge in [-0.1, -0.05) is 12.1 Å². The molecule has 2 aromatic rings. The molecule has 0 spiro atoms. The largest absolute Gasteiger partial charge is 0.493 e. The molecule has 0 amide bonds.